The molecule has 0 aromatic heterocycles. The van der Waals surface area contributed by atoms with Crippen molar-refractivity contribution in [2.45, 2.75) is 25.0 Å². The zero-order chi connectivity index (χ0) is 18.0. The fourth-order valence-electron chi connectivity index (χ4n) is 4.93. The van der Waals surface area contributed by atoms with Crippen LogP contribution in [-0.2, 0) is 14.6 Å². The lowest BCUT2D eigenvalue weighted by molar-refractivity contribution is -0.271. The van der Waals surface area contributed by atoms with Gasteiger partial charge in [-0.1, -0.05) is 0 Å². The molecular formula is C17H32N4O3S2. The van der Waals surface area contributed by atoms with Crippen LogP contribution in [0.25, 0.3) is 0 Å². The third-order valence-electron chi connectivity index (χ3n) is 6.24. The predicted molar refractivity (Wildman–Crippen MR) is 105 cm³/mol. The molecule has 0 amide bonds. The molecule has 7 nitrogen and oxygen atoms in total. The van der Waals surface area contributed by atoms with Crippen LogP contribution in [-0.4, -0.2) is 116 Å². The second kappa shape index (κ2) is 8.23. The van der Waals surface area contributed by atoms with Crippen LogP contribution in [0.2, 0.25) is 0 Å². The maximum atomic E-state index is 12.0. The number of hydrogen-bond acceptors (Lipinski definition) is 8. The predicted octanol–water partition coefficient (Wildman–Crippen LogP) is 0.153. The largest absolute Gasteiger partial charge is 0.379 e. The fraction of sp³-hybridized carbons (Fsp3) is 1.00. The second-order valence-electron chi connectivity index (χ2n) is 7.66. The minimum absolute atomic E-state index is 0.0931. The summed E-state index contributed by atoms with van der Waals surface area (Å²) in [5.41, 5.74) is 0. The van der Waals surface area contributed by atoms with E-state index >= 15 is 0 Å². The van der Waals surface area contributed by atoms with E-state index in [1.807, 2.05) is 11.8 Å². The maximum Gasteiger partial charge on any atom is 0.152 e. The number of rotatable bonds is 3. The van der Waals surface area contributed by atoms with Gasteiger partial charge in [0.1, 0.15) is 5.79 Å². The highest BCUT2D eigenvalue weighted by Gasteiger charge is 2.51. The van der Waals surface area contributed by atoms with Crippen LogP contribution in [0.3, 0.4) is 0 Å². The molecule has 4 rings (SSSR count). The monoisotopic (exact) mass is 404 g/mol. The zero-order valence-corrected chi connectivity index (χ0v) is 17.3. The average molecular weight is 405 g/mol. The number of thioether (sulfide) groups is 1. The smallest absolute Gasteiger partial charge is 0.152 e. The normalized spacial score (nSPS) is 36.2. The number of piperidine rings is 1. The maximum absolute atomic E-state index is 12.0. The van der Waals surface area contributed by atoms with E-state index in [2.05, 4.69) is 19.8 Å². The Balaban J connectivity index is 1.64. The molecule has 0 aromatic carbocycles. The molecule has 26 heavy (non-hydrogen) atoms. The van der Waals surface area contributed by atoms with Crippen LogP contribution in [0, 0.1) is 0 Å². The lowest BCUT2D eigenvalue weighted by Gasteiger charge is -2.62. The van der Waals surface area contributed by atoms with Gasteiger partial charge in [-0.3, -0.25) is 9.80 Å². The summed E-state index contributed by atoms with van der Waals surface area (Å²) in [6, 6.07) is 0. The first-order chi connectivity index (χ1) is 12.6. The van der Waals surface area contributed by atoms with Gasteiger partial charge >= 0.3 is 0 Å². The second-order valence-corrected chi connectivity index (χ2v) is 11.2. The van der Waals surface area contributed by atoms with E-state index < -0.39 is 9.84 Å². The van der Waals surface area contributed by atoms with Crippen molar-refractivity contribution in [1.82, 2.24) is 19.8 Å². The van der Waals surface area contributed by atoms with Crippen LogP contribution >= 0.6 is 11.8 Å². The number of sulfone groups is 1. The minimum Gasteiger partial charge on any atom is -0.379 e. The van der Waals surface area contributed by atoms with Gasteiger partial charge in [0, 0.05) is 57.3 Å². The van der Waals surface area contributed by atoms with Crippen molar-refractivity contribution in [2.75, 3.05) is 82.0 Å². The number of nitrogens with zero attached hydrogens (tertiary/aromatic N) is 4. The molecule has 150 valence electrons. The average Bonchev–Trinajstić information content (AvgIpc) is 2.69. The Bertz CT molecular complexity index is 545. The van der Waals surface area contributed by atoms with Gasteiger partial charge in [-0.15, -0.1) is 0 Å². The van der Waals surface area contributed by atoms with E-state index in [9.17, 15) is 8.42 Å². The lowest BCUT2D eigenvalue weighted by atomic mass is 9.99. The molecular weight excluding hydrogens is 372 g/mol. The fourth-order valence-corrected chi connectivity index (χ4v) is 7.01. The van der Waals surface area contributed by atoms with Crippen molar-refractivity contribution in [3.63, 3.8) is 0 Å². The highest BCUT2D eigenvalue weighted by atomic mass is 32.2. The van der Waals surface area contributed by atoms with Crippen molar-refractivity contribution < 1.29 is 13.2 Å². The molecule has 4 heterocycles. The Labute approximate surface area is 161 Å². The van der Waals surface area contributed by atoms with Crippen LogP contribution in [0.1, 0.15) is 19.3 Å². The van der Waals surface area contributed by atoms with Crippen molar-refractivity contribution >= 4 is 21.6 Å². The quantitative estimate of drug-likeness (QED) is 0.659. The first-order valence-corrected chi connectivity index (χ1v) is 13.0. The van der Waals surface area contributed by atoms with Gasteiger partial charge in [-0.05, 0) is 19.3 Å². The van der Waals surface area contributed by atoms with E-state index in [0.717, 1.165) is 52.4 Å². The Morgan fingerprint density at radius 2 is 1.46 bits per heavy atom. The van der Waals surface area contributed by atoms with E-state index in [4.69, 9.17) is 4.74 Å². The van der Waals surface area contributed by atoms with Crippen molar-refractivity contribution in [3.8, 4) is 0 Å². The summed E-state index contributed by atoms with van der Waals surface area (Å²) in [5.74, 6) is 2.86. The van der Waals surface area contributed by atoms with Crippen LogP contribution in [0.4, 0.5) is 0 Å². The van der Waals surface area contributed by atoms with Crippen molar-refractivity contribution in [3.05, 3.63) is 0 Å². The van der Waals surface area contributed by atoms with Gasteiger partial charge in [0.05, 0.1) is 24.7 Å². The molecule has 4 aliphatic heterocycles. The molecule has 0 saturated carbocycles. The van der Waals surface area contributed by atoms with E-state index in [0.29, 0.717) is 24.6 Å². The number of ether oxygens (including phenoxy) is 1. The van der Waals surface area contributed by atoms with E-state index in [1.54, 1.807) is 0 Å². The molecule has 0 bridgehead atoms. The number of hydrogen-bond donors (Lipinski definition) is 0. The van der Waals surface area contributed by atoms with Gasteiger partial charge < -0.3 is 4.74 Å². The Kier molecular flexibility index (Phi) is 6.14. The summed E-state index contributed by atoms with van der Waals surface area (Å²) < 4.78 is 29.6. The molecule has 1 unspecified atom stereocenters. The molecule has 1 atom stereocenters. The highest BCUT2D eigenvalue weighted by molar-refractivity contribution is 7.99. The first kappa shape index (κ1) is 19.4. The van der Waals surface area contributed by atoms with Gasteiger partial charge in [0.15, 0.2) is 9.84 Å². The van der Waals surface area contributed by atoms with Crippen LogP contribution in [0.15, 0.2) is 0 Å². The molecule has 0 radical (unpaired) electrons. The Morgan fingerprint density at radius 3 is 2.15 bits per heavy atom. The number of hydrazine groups is 1. The number of morpholine rings is 1. The summed E-state index contributed by atoms with van der Waals surface area (Å²) >= 11 is 2.05. The molecule has 9 heteroatoms. The standard InChI is InChI=1S/C17H32N4O3S2/c22-26(23)15-9-20(10-16-26)21-4-2-1-3-17(21,18-5-11-24-12-6-18)19-7-13-25-14-8-19/h1-16H2. The summed E-state index contributed by atoms with van der Waals surface area (Å²) in [6.45, 7) is 8.06. The third-order valence-corrected chi connectivity index (χ3v) is 8.79. The third kappa shape index (κ3) is 3.81. The van der Waals surface area contributed by atoms with Gasteiger partial charge in [-0.25, -0.2) is 18.4 Å². The summed E-state index contributed by atoms with van der Waals surface area (Å²) in [4.78, 5) is 5.33. The van der Waals surface area contributed by atoms with Gasteiger partial charge in [-0.2, -0.15) is 11.8 Å². The van der Waals surface area contributed by atoms with Crippen molar-refractivity contribution in [2.24, 2.45) is 0 Å². The topological polar surface area (TPSA) is 56.3 Å². The van der Waals surface area contributed by atoms with E-state index in [-0.39, 0.29) is 5.79 Å². The Morgan fingerprint density at radius 1 is 0.808 bits per heavy atom. The van der Waals surface area contributed by atoms with E-state index in [1.165, 1.54) is 24.3 Å². The Hall–Kier alpha value is 0.1000. The lowest BCUT2D eigenvalue weighted by Crippen LogP contribution is -2.77. The first-order valence-electron chi connectivity index (χ1n) is 10.0. The summed E-state index contributed by atoms with van der Waals surface area (Å²) in [6.07, 6.45) is 3.57. The highest BCUT2D eigenvalue weighted by Crippen LogP contribution is 2.38. The molecule has 4 fully saturated rings. The zero-order valence-electron chi connectivity index (χ0n) is 15.6. The molecule has 0 aliphatic carbocycles. The van der Waals surface area contributed by atoms with Crippen LogP contribution in [0.5, 0.6) is 0 Å². The summed E-state index contributed by atoms with van der Waals surface area (Å²) in [7, 11) is -2.86. The minimum atomic E-state index is -2.86. The SMILES string of the molecule is O=S1(=O)CCN(N2CCCCC2(N2CCOCC2)N2CCSCC2)CC1. The van der Waals surface area contributed by atoms with Gasteiger partial charge in [0.25, 0.3) is 0 Å². The van der Waals surface area contributed by atoms with Crippen LogP contribution < -0.4 is 0 Å². The summed E-state index contributed by atoms with van der Waals surface area (Å²) in [5, 5.41) is 4.92. The molecule has 4 saturated heterocycles. The molecule has 0 N–H and O–H groups in total. The molecule has 0 aromatic rings. The van der Waals surface area contributed by atoms with Gasteiger partial charge in [0.2, 0.25) is 0 Å². The van der Waals surface area contributed by atoms with Crippen molar-refractivity contribution in [1.29, 1.82) is 0 Å². The molecule has 4 aliphatic rings. The molecule has 0 spiro atoms.